The lowest BCUT2D eigenvalue weighted by Gasteiger charge is -2.31. The molecule has 3 nitrogen and oxygen atoms in total. The lowest BCUT2D eigenvalue weighted by molar-refractivity contribution is 0.260. The van der Waals surface area contributed by atoms with Crippen LogP contribution in [0.25, 0.3) is 17.2 Å². The Morgan fingerprint density at radius 3 is 2.61 bits per heavy atom. The van der Waals surface area contributed by atoms with Crippen molar-refractivity contribution in [3.8, 4) is 11.5 Å². The number of fused-ring (bicyclic) bond motifs is 1. The normalized spacial score (nSPS) is 20.8. The molecule has 2 atom stereocenters. The van der Waals surface area contributed by atoms with E-state index in [4.69, 9.17) is 4.74 Å². The van der Waals surface area contributed by atoms with Crippen LogP contribution in [0.5, 0.6) is 11.5 Å². The van der Waals surface area contributed by atoms with E-state index in [1.807, 2.05) is 36.4 Å². The van der Waals surface area contributed by atoms with Crippen molar-refractivity contribution in [3.63, 3.8) is 0 Å². The van der Waals surface area contributed by atoms with E-state index in [0.717, 1.165) is 40.5 Å². The lowest BCUT2D eigenvalue weighted by atomic mass is 9.86. The van der Waals surface area contributed by atoms with Crippen LogP contribution >= 0.6 is 0 Å². The van der Waals surface area contributed by atoms with Gasteiger partial charge in [-0.25, -0.2) is 0 Å². The van der Waals surface area contributed by atoms with E-state index in [2.05, 4.69) is 61.2 Å². The molecule has 5 rings (SSSR count). The van der Waals surface area contributed by atoms with Crippen molar-refractivity contribution in [1.82, 2.24) is 4.90 Å². The van der Waals surface area contributed by atoms with Crippen LogP contribution in [0.1, 0.15) is 48.6 Å². The quantitative estimate of drug-likeness (QED) is 0.476. The van der Waals surface area contributed by atoms with Crippen LogP contribution in [-0.4, -0.2) is 29.6 Å². The zero-order valence-electron chi connectivity index (χ0n) is 19.4. The Labute approximate surface area is 196 Å². The molecule has 0 aromatic heterocycles. The minimum Gasteiger partial charge on any atom is -0.508 e. The monoisotopic (exact) mass is 437 g/mol. The van der Waals surface area contributed by atoms with Crippen molar-refractivity contribution in [2.45, 2.75) is 26.4 Å². The van der Waals surface area contributed by atoms with Gasteiger partial charge in [-0.3, -0.25) is 4.90 Å². The summed E-state index contributed by atoms with van der Waals surface area (Å²) in [5, 5.41) is 10.1. The third kappa shape index (κ3) is 4.60. The average molecular weight is 438 g/mol. The number of para-hydroxylation sites is 1. The molecular weight excluding hydrogens is 406 g/mol. The number of likely N-dealkylation sites (tertiary alicyclic amines) is 1. The van der Waals surface area contributed by atoms with E-state index in [9.17, 15) is 5.11 Å². The van der Waals surface area contributed by atoms with Gasteiger partial charge in [0.15, 0.2) is 0 Å². The Bertz CT molecular complexity index is 1190. The summed E-state index contributed by atoms with van der Waals surface area (Å²) in [6.45, 7) is 7.89. The fourth-order valence-corrected chi connectivity index (χ4v) is 4.99. The van der Waals surface area contributed by atoms with E-state index < -0.39 is 0 Å². The molecule has 33 heavy (non-hydrogen) atoms. The molecule has 1 saturated heterocycles. The van der Waals surface area contributed by atoms with Gasteiger partial charge < -0.3 is 9.84 Å². The van der Waals surface area contributed by atoms with Gasteiger partial charge in [0.1, 0.15) is 17.6 Å². The summed E-state index contributed by atoms with van der Waals surface area (Å²) >= 11 is 0. The van der Waals surface area contributed by atoms with Gasteiger partial charge >= 0.3 is 0 Å². The first-order chi connectivity index (χ1) is 16.1. The van der Waals surface area contributed by atoms with Gasteiger partial charge in [-0.05, 0) is 66.3 Å². The van der Waals surface area contributed by atoms with Gasteiger partial charge in [0.25, 0.3) is 0 Å². The van der Waals surface area contributed by atoms with Gasteiger partial charge in [0, 0.05) is 24.2 Å². The number of benzene rings is 3. The molecule has 0 amide bonds. The van der Waals surface area contributed by atoms with Gasteiger partial charge in [-0.15, -0.1) is 0 Å². The standard InChI is InChI=1S/C30H31NO2/c1-21-16-18-31(20-21)17-6-7-23-12-14-24(15-13-23)30-29(25-8-5-9-26(32)19-25)22(2)27-10-3-4-11-28(27)33-30/h3-15,19,21,30,32H,16-18,20H2,1-2H3/b7-6+/t21-,30?/m1/s1. The fourth-order valence-electron chi connectivity index (χ4n) is 4.99. The number of allylic oxidation sites excluding steroid dienone is 1. The lowest BCUT2D eigenvalue weighted by Crippen LogP contribution is -2.19. The first kappa shape index (κ1) is 21.5. The van der Waals surface area contributed by atoms with Crippen molar-refractivity contribution < 1.29 is 9.84 Å². The predicted octanol–water partition coefficient (Wildman–Crippen LogP) is 6.81. The molecular formula is C30H31NO2. The van der Waals surface area contributed by atoms with E-state index in [-0.39, 0.29) is 11.9 Å². The van der Waals surface area contributed by atoms with Gasteiger partial charge in [-0.1, -0.05) is 73.7 Å². The van der Waals surface area contributed by atoms with Gasteiger partial charge in [0.2, 0.25) is 0 Å². The fraction of sp³-hybridized carbons (Fsp3) is 0.267. The second-order valence-corrected chi connectivity index (χ2v) is 9.31. The molecule has 2 aliphatic heterocycles. The Balaban J connectivity index is 1.43. The Morgan fingerprint density at radius 2 is 1.85 bits per heavy atom. The zero-order valence-corrected chi connectivity index (χ0v) is 19.4. The minimum atomic E-state index is -0.231. The highest BCUT2D eigenvalue weighted by Crippen LogP contribution is 2.46. The first-order valence-corrected chi connectivity index (χ1v) is 11.8. The smallest absolute Gasteiger partial charge is 0.150 e. The third-order valence-electron chi connectivity index (χ3n) is 6.78. The summed E-state index contributed by atoms with van der Waals surface area (Å²) in [5.74, 6) is 1.97. The maximum atomic E-state index is 10.1. The molecule has 3 heteroatoms. The Hall–Kier alpha value is -3.30. The highest BCUT2D eigenvalue weighted by Gasteiger charge is 2.29. The number of nitrogens with zero attached hydrogens (tertiary/aromatic N) is 1. The number of phenolic OH excluding ortho intramolecular Hbond substituents is 1. The number of ether oxygens (including phenoxy) is 1. The molecule has 1 N–H and O–H groups in total. The summed E-state index contributed by atoms with van der Waals surface area (Å²) in [4.78, 5) is 2.51. The topological polar surface area (TPSA) is 32.7 Å². The zero-order chi connectivity index (χ0) is 22.8. The van der Waals surface area contributed by atoms with Crippen LogP contribution < -0.4 is 4.74 Å². The molecule has 0 bridgehead atoms. The second-order valence-electron chi connectivity index (χ2n) is 9.31. The highest BCUT2D eigenvalue weighted by molar-refractivity contribution is 5.95. The molecule has 3 aromatic carbocycles. The number of aromatic hydroxyl groups is 1. The highest BCUT2D eigenvalue weighted by atomic mass is 16.5. The van der Waals surface area contributed by atoms with Gasteiger partial charge in [-0.2, -0.15) is 0 Å². The van der Waals surface area contributed by atoms with Crippen LogP contribution in [-0.2, 0) is 0 Å². The molecule has 1 fully saturated rings. The van der Waals surface area contributed by atoms with Crippen LogP contribution in [0.15, 0.2) is 78.9 Å². The summed E-state index contributed by atoms with van der Waals surface area (Å²) in [6.07, 6.45) is 5.55. The largest absolute Gasteiger partial charge is 0.508 e. The van der Waals surface area contributed by atoms with E-state index >= 15 is 0 Å². The summed E-state index contributed by atoms with van der Waals surface area (Å²) in [7, 11) is 0. The average Bonchev–Trinajstić information content (AvgIpc) is 3.24. The molecule has 0 spiro atoms. The maximum absolute atomic E-state index is 10.1. The summed E-state index contributed by atoms with van der Waals surface area (Å²) in [5.41, 5.74) is 6.65. The van der Waals surface area contributed by atoms with Gasteiger partial charge in [0.05, 0.1) is 0 Å². The Kier molecular flexibility index (Phi) is 6.06. The molecule has 0 aliphatic carbocycles. The molecule has 0 radical (unpaired) electrons. The number of hydrogen-bond donors (Lipinski definition) is 1. The van der Waals surface area contributed by atoms with E-state index in [1.54, 1.807) is 6.07 Å². The summed E-state index contributed by atoms with van der Waals surface area (Å²) < 4.78 is 6.53. The van der Waals surface area contributed by atoms with Crippen LogP contribution in [0.4, 0.5) is 0 Å². The van der Waals surface area contributed by atoms with Crippen LogP contribution in [0.2, 0.25) is 0 Å². The number of rotatable bonds is 5. The van der Waals surface area contributed by atoms with Crippen molar-refractivity contribution >= 4 is 17.2 Å². The van der Waals surface area contributed by atoms with Crippen molar-refractivity contribution in [1.29, 1.82) is 0 Å². The molecule has 3 aromatic rings. The van der Waals surface area contributed by atoms with Crippen molar-refractivity contribution in [2.75, 3.05) is 19.6 Å². The van der Waals surface area contributed by atoms with Crippen molar-refractivity contribution in [2.24, 2.45) is 5.92 Å². The second kappa shape index (κ2) is 9.29. The molecule has 168 valence electrons. The molecule has 0 saturated carbocycles. The maximum Gasteiger partial charge on any atom is 0.150 e. The minimum absolute atomic E-state index is 0.231. The first-order valence-electron chi connectivity index (χ1n) is 11.8. The number of phenols is 1. The summed E-state index contributed by atoms with van der Waals surface area (Å²) in [6, 6.07) is 24.3. The molecule has 2 heterocycles. The predicted molar refractivity (Wildman–Crippen MR) is 136 cm³/mol. The van der Waals surface area contributed by atoms with Crippen LogP contribution in [0, 0.1) is 5.92 Å². The number of hydrogen-bond acceptors (Lipinski definition) is 3. The third-order valence-corrected chi connectivity index (χ3v) is 6.78. The molecule has 1 unspecified atom stereocenters. The SMILES string of the molecule is CC1=C(c2cccc(O)c2)C(c2ccc(/C=C/CN3CC[C@@H](C)C3)cc2)Oc2ccccc21. The van der Waals surface area contributed by atoms with Crippen LogP contribution in [0.3, 0.4) is 0 Å². The molecule has 2 aliphatic rings. The van der Waals surface area contributed by atoms with E-state index in [0.29, 0.717) is 0 Å². The van der Waals surface area contributed by atoms with Crippen molar-refractivity contribution in [3.05, 3.63) is 101 Å². The Morgan fingerprint density at radius 1 is 1.03 bits per heavy atom. The van der Waals surface area contributed by atoms with E-state index in [1.165, 1.54) is 30.6 Å².